The van der Waals surface area contributed by atoms with Crippen molar-refractivity contribution in [3.05, 3.63) is 59.5 Å². The number of rotatable bonds is 5. The van der Waals surface area contributed by atoms with Crippen LogP contribution in [-0.4, -0.2) is 25.9 Å². The lowest BCUT2D eigenvalue weighted by molar-refractivity contribution is -0.115. The summed E-state index contributed by atoms with van der Waals surface area (Å²) in [6, 6.07) is 10.0. The fourth-order valence-corrected chi connectivity index (χ4v) is 2.74. The van der Waals surface area contributed by atoms with Crippen molar-refractivity contribution in [1.29, 1.82) is 0 Å². The SMILES string of the molecule is Cc1cccc(-n2cc(CC(=O)Nc3cc(C4CC4)[nH]n3)cn2)c1. The summed E-state index contributed by atoms with van der Waals surface area (Å²) in [6.07, 6.45) is 6.29. The van der Waals surface area contributed by atoms with Gasteiger partial charge in [0.15, 0.2) is 5.82 Å². The van der Waals surface area contributed by atoms with Crippen molar-refractivity contribution in [2.45, 2.75) is 32.1 Å². The molecular formula is C18H19N5O. The lowest BCUT2D eigenvalue weighted by Gasteiger charge is -2.02. The molecule has 0 atom stereocenters. The van der Waals surface area contributed by atoms with Crippen LogP contribution in [-0.2, 0) is 11.2 Å². The molecule has 0 spiro atoms. The number of H-pyrrole nitrogens is 1. The van der Waals surface area contributed by atoms with E-state index >= 15 is 0 Å². The first-order valence-corrected chi connectivity index (χ1v) is 8.13. The van der Waals surface area contributed by atoms with Crippen LogP contribution in [0.4, 0.5) is 5.82 Å². The number of hydrogen-bond donors (Lipinski definition) is 2. The zero-order valence-corrected chi connectivity index (χ0v) is 13.5. The maximum absolute atomic E-state index is 12.2. The van der Waals surface area contributed by atoms with Crippen LogP contribution in [0.25, 0.3) is 5.69 Å². The Balaban J connectivity index is 1.40. The number of anilines is 1. The highest BCUT2D eigenvalue weighted by atomic mass is 16.1. The molecule has 2 aromatic heterocycles. The molecular weight excluding hydrogens is 302 g/mol. The van der Waals surface area contributed by atoms with Gasteiger partial charge in [-0.3, -0.25) is 9.89 Å². The minimum atomic E-state index is -0.0901. The Morgan fingerprint density at radius 3 is 3.04 bits per heavy atom. The predicted molar refractivity (Wildman–Crippen MR) is 91.2 cm³/mol. The van der Waals surface area contributed by atoms with Crippen molar-refractivity contribution in [3.63, 3.8) is 0 Å². The van der Waals surface area contributed by atoms with E-state index in [1.165, 1.54) is 18.4 Å². The van der Waals surface area contributed by atoms with E-state index in [2.05, 4.69) is 26.7 Å². The highest BCUT2D eigenvalue weighted by molar-refractivity contribution is 5.91. The van der Waals surface area contributed by atoms with Crippen LogP contribution in [0.1, 0.15) is 35.6 Å². The van der Waals surface area contributed by atoms with Gasteiger partial charge in [0.1, 0.15) is 0 Å². The molecule has 1 aromatic carbocycles. The van der Waals surface area contributed by atoms with Crippen LogP contribution < -0.4 is 5.32 Å². The molecule has 24 heavy (non-hydrogen) atoms. The summed E-state index contributed by atoms with van der Waals surface area (Å²) in [6.45, 7) is 2.04. The van der Waals surface area contributed by atoms with Crippen LogP contribution in [0.5, 0.6) is 0 Å². The Morgan fingerprint density at radius 1 is 1.38 bits per heavy atom. The van der Waals surface area contributed by atoms with Gasteiger partial charge in [-0.1, -0.05) is 12.1 Å². The third-order valence-electron chi connectivity index (χ3n) is 4.15. The fraction of sp³-hybridized carbons (Fsp3) is 0.278. The molecule has 2 N–H and O–H groups in total. The van der Waals surface area contributed by atoms with Gasteiger partial charge >= 0.3 is 0 Å². The van der Waals surface area contributed by atoms with E-state index in [-0.39, 0.29) is 12.3 Å². The number of aromatic nitrogens is 4. The monoisotopic (exact) mass is 321 g/mol. The Kier molecular flexibility index (Phi) is 3.65. The third kappa shape index (κ3) is 3.22. The minimum Gasteiger partial charge on any atom is -0.309 e. The van der Waals surface area contributed by atoms with Crippen molar-refractivity contribution >= 4 is 11.7 Å². The van der Waals surface area contributed by atoms with Gasteiger partial charge in [0.25, 0.3) is 0 Å². The number of nitrogens with zero attached hydrogens (tertiary/aromatic N) is 3. The quantitative estimate of drug-likeness (QED) is 0.758. The summed E-state index contributed by atoms with van der Waals surface area (Å²) in [5.74, 6) is 1.09. The number of carbonyl (C=O) groups excluding carboxylic acids is 1. The highest BCUT2D eigenvalue weighted by Crippen LogP contribution is 2.39. The largest absolute Gasteiger partial charge is 0.309 e. The van der Waals surface area contributed by atoms with Crippen LogP contribution in [0.2, 0.25) is 0 Å². The maximum Gasteiger partial charge on any atom is 0.230 e. The average molecular weight is 321 g/mol. The summed E-state index contributed by atoms with van der Waals surface area (Å²) in [5, 5.41) is 14.3. The number of aromatic amines is 1. The first kappa shape index (κ1) is 14.7. The topological polar surface area (TPSA) is 75.6 Å². The molecule has 6 heteroatoms. The van der Waals surface area contributed by atoms with Gasteiger partial charge in [-0.15, -0.1) is 0 Å². The molecule has 1 amide bonds. The van der Waals surface area contributed by atoms with E-state index < -0.39 is 0 Å². The van der Waals surface area contributed by atoms with Crippen LogP contribution >= 0.6 is 0 Å². The summed E-state index contributed by atoms with van der Waals surface area (Å²) < 4.78 is 1.79. The first-order chi connectivity index (χ1) is 11.7. The lowest BCUT2D eigenvalue weighted by atomic mass is 10.2. The van der Waals surface area contributed by atoms with Crippen LogP contribution in [0.3, 0.4) is 0 Å². The predicted octanol–water partition coefficient (Wildman–Crippen LogP) is 2.96. The lowest BCUT2D eigenvalue weighted by Crippen LogP contribution is -2.14. The molecule has 0 bridgehead atoms. The summed E-state index contributed by atoms with van der Waals surface area (Å²) in [5.41, 5.74) is 4.14. The molecule has 1 fully saturated rings. The van der Waals surface area contributed by atoms with E-state index in [4.69, 9.17) is 0 Å². The van der Waals surface area contributed by atoms with E-state index in [0.29, 0.717) is 11.7 Å². The van der Waals surface area contributed by atoms with E-state index in [9.17, 15) is 4.79 Å². The molecule has 2 heterocycles. The van der Waals surface area contributed by atoms with Gasteiger partial charge in [-0.25, -0.2) is 4.68 Å². The van der Waals surface area contributed by atoms with Gasteiger partial charge in [-0.2, -0.15) is 10.2 Å². The second-order valence-electron chi connectivity index (χ2n) is 6.34. The van der Waals surface area contributed by atoms with Gasteiger partial charge < -0.3 is 5.32 Å². The molecule has 0 aliphatic heterocycles. The third-order valence-corrected chi connectivity index (χ3v) is 4.15. The van der Waals surface area contributed by atoms with Gasteiger partial charge in [0.05, 0.1) is 18.3 Å². The second kappa shape index (κ2) is 5.96. The van der Waals surface area contributed by atoms with Crippen molar-refractivity contribution < 1.29 is 4.79 Å². The van der Waals surface area contributed by atoms with E-state index in [1.807, 2.05) is 37.4 Å². The number of amides is 1. The number of nitrogens with one attached hydrogen (secondary N) is 2. The average Bonchev–Trinajstić information content (AvgIpc) is 3.13. The number of benzene rings is 1. The highest BCUT2D eigenvalue weighted by Gasteiger charge is 2.25. The molecule has 1 aliphatic carbocycles. The molecule has 6 nitrogen and oxygen atoms in total. The minimum absolute atomic E-state index is 0.0901. The van der Waals surface area contributed by atoms with Crippen molar-refractivity contribution in [2.75, 3.05) is 5.32 Å². The number of carbonyl (C=O) groups is 1. The fourth-order valence-electron chi connectivity index (χ4n) is 2.74. The van der Waals surface area contributed by atoms with Crippen LogP contribution in [0, 0.1) is 6.92 Å². The zero-order chi connectivity index (χ0) is 16.5. The van der Waals surface area contributed by atoms with E-state index in [0.717, 1.165) is 16.9 Å². The van der Waals surface area contributed by atoms with Crippen LogP contribution in [0.15, 0.2) is 42.7 Å². The Morgan fingerprint density at radius 2 is 2.25 bits per heavy atom. The van der Waals surface area contributed by atoms with Gasteiger partial charge in [-0.05, 0) is 43.0 Å². The molecule has 1 aliphatic rings. The standard InChI is InChI=1S/C18H19N5O/c1-12-3-2-4-15(7-12)23-11-13(10-19-23)8-18(24)20-17-9-16(21-22-17)14-5-6-14/h2-4,7,9-11,14H,5-6,8H2,1H3,(H2,20,21,22,24). The van der Waals surface area contributed by atoms with Crippen molar-refractivity contribution in [1.82, 2.24) is 20.0 Å². The molecule has 1 saturated carbocycles. The molecule has 0 saturated heterocycles. The smallest absolute Gasteiger partial charge is 0.230 e. The van der Waals surface area contributed by atoms with Crippen molar-refractivity contribution in [3.8, 4) is 5.69 Å². The first-order valence-electron chi connectivity index (χ1n) is 8.13. The summed E-state index contributed by atoms with van der Waals surface area (Å²) >= 11 is 0. The van der Waals surface area contributed by atoms with Crippen molar-refractivity contribution in [2.24, 2.45) is 0 Å². The number of aryl methyl sites for hydroxylation is 1. The molecule has 4 rings (SSSR count). The Bertz CT molecular complexity index is 875. The summed E-state index contributed by atoms with van der Waals surface area (Å²) in [4.78, 5) is 12.2. The van der Waals surface area contributed by atoms with Gasteiger partial charge in [0.2, 0.25) is 5.91 Å². The Hall–Kier alpha value is -2.89. The normalized spacial score (nSPS) is 13.9. The van der Waals surface area contributed by atoms with E-state index in [1.54, 1.807) is 10.9 Å². The molecule has 3 aromatic rings. The maximum atomic E-state index is 12.2. The number of hydrogen-bond acceptors (Lipinski definition) is 3. The Labute approximate surface area is 139 Å². The second-order valence-corrected chi connectivity index (χ2v) is 6.34. The summed E-state index contributed by atoms with van der Waals surface area (Å²) in [7, 11) is 0. The molecule has 0 unspecified atom stereocenters. The zero-order valence-electron chi connectivity index (χ0n) is 13.5. The molecule has 0 radical (unpaired) electrons. The van der Waals surface area contributed by atoms with Gasteiger partial charge in [0, 0.05) is 23.9 Å². The molecule has 122 valence electrons.